The lowest BCUT2D eigenvalue weighted by Gasteiger charge is -2.23. The second-order valence-electron chi connectivity index (χ2n) is 4.84. The molecule has 1 unspecified atom stereocenters. The molecule has 0 aliphatic heterocycles. The molecule has 0 aliphatic carbocycles. The Morgan fingerprint density at radius 2 is 1.95 bits per heavy atom. The van der Waals surface area contributed by atoms with Crippen molar-refractivity contribution in [2.24, 2.45) is 0 Å². The van der Waals surface area contributed by atoms with Crippen molar-refractivity contribution in [3.63, 3.8) is 0 Å². The van der Waals surface area contributed by atoms with Crippen molar-refractivity contribution >= 4 is 10.9 Å². The Balaban J connectivity index is 2.10. The van der Waals surface area contributed by atoms with Crippen molar-refractivity contribution in [2.75, 3.05) is 0 Å². The van der Waals surface area contributed by atoms with Crippen LogP contribution in [-0.2, 0) is 5.60 Å². The average Bonchev–Trinajstić information content (AvgIpc) is 2.47. The van der Waals surface area contributed by atoms with Gasteiger partial charge in [-0.05, 0) is 36.8 Å². The highest BCUT2D eigenvalue weighted by atomic mass is 19.1. The van der Waals surface area contributed by atoms with Gasteiger partial charge in [0.05, 0.1) is 17.4 Å². The van der Waals surface area contributed by atoms with E-state index in [4.69, 9.17) is 0 Å². The van der Waals surface area contributed by atoms with Crippen molar-refractivity contribution in [3.8, 4) is 0 Å². The molecule has 0 aliphatic rings. The van der Waals surface area contributed by atoms with E-state index in [1.165, 1.54) is 12.1 Å². The van der Waals surface area contributed by atoms with Gasteiger partial charge in [0.25, 0.3) is 0 Å². The van der Waals surface area contributed by atoms with Crippen molar-refractivity contribution < 1.29 is 9.50 Å². The number of nitrogens with zero attached hydrogens (tertiary/aromatic N) is 2. The first-order valence-electron chi connectivity index (χ1n) is 6.27. The SMILES string of the molecule is CC(O)(c1ccc2cccnc2c1)c1ccc(F)cn1. The van der Waals surface area contributed by atoms with E-state index in [1.807, 2.05) is 30.3 Å². The summed E-state index contributed by atoms with van der Waals surface area (Å²) in [7, 11) is 0. The number of aliphatic hydroxyl groups is 1. The third-order valence-corrected chi connectivity index (χ3v) is 3.39. The number of halogens is 1. The Labute approximate surface area is 115 Å². The molecule has 2 aromatic heterocycles. The Morgan fingerprint density at radius 3 is 2.70 bits per heavy atom. The summed E-state index contributed by atoms with van der Waals surface area (Å²) < 4.78 is 12.9. The molecule has 1 atom stereocenters. The number of hydrogen-bond acceptors (Lipinski definition) is 3. The van der Waals surface area contributed by atoms with Crippen LogP contribution in [0.2, 0.25) is 0 Å². The molecular weight excluding hydrogens is 255 g/mol. The van der Waals surface area contributed by atoms with Gasteiger partial charge < -0.3 is 5.11 Å². The highest BCUT2D eigenvalue weighted by molar-refractivity contribution is 5.79. The standard InChI is InChI=1S/C16H13FN2O/c1-16(20,15-7-6-13(17)10-19-15)12-5-4-11-3-2-8-18-14(11)9-12/h2-10,20H,1H3. The zero-order valence-corrected chi connectivity index (χ0v) is 10.9. The largest absolute Gasteiger partial charge is 0.379 e. The number of aromatic nitrogens is 2. The molecule has 2 heterocycles. The minimum absolute atomic E-state index is 0.397. The first-order valence-corrected chi connectivity index (χ1v) is 6.27. The van der Waals surface area contributed by atoms with Crippen LogP contribution in [0.25, 0.3) is 10.9 Å². The molecule has 100 valence electrons. The predicted octanol–water partition coefficient (Wildman–Crippen LogP) is 3.02. The van der Waals surface area contributed by atoms with Gasteiger partial charge in [-0.15, -0.1) is 0 Å². The topological polar surface area (TPSA) is 46.0 Å². The van der Waals surface area contributed by atoms with Crippen molar-refractivity contribution in [3.05, 3.63) is 71.9 Å². The molecule has 4 heteroatoms. The van der Waals surface area contributed by atoms with Crippen LogP contribution < -0.4 is 0 Å². The van der Waals surface area contributed by atoms with Gasteiger partial charge in [0, 0.05) is 11.6 Å². The third kappa shape index (κ3) is 2.14. The van der Waals surface area contributed by atoms with Gasteiger partial charge in [0.2, 0.25) is 0 Å². The molecule has 3 rings (SSSR count). The van der Waals surface area contributed by atoms with Crippen molar-refractivity contribution in [1.29, 1.82) is 0 Å². The van der Waals surface area contributed by atoms with Gasteiger partial charge in [-0.1, -0.05) is 18.2 Å². The lowest BCUT2D eigenvalue weighted by molar-refractivity contribution is 0.0974. The number of benzene rings is 1. The zero-order chi connectivity index (χ0) is 14.2. The van der Waals surface area contributed by atoms with Crippen LogP contribution >= 0.6 is 0 Å². The van der Waals surface area contributed by atoms with E-state index < -0.39 is 11.4 Å². The fourth-order valence-electron chi connectivity index (χ4n) is 2.18. The maximum Gasteiger partial charge on any atom is 0.141 e. The highest BCUT2D eigenvalue weighted by Gasteiger charge is 2.27. The summed E-state index contributed by atoms with van der Waals surface area (Å²) in [6, 6.07) is 12.1. The van der Waals surface area contributed by atoms with Gasteiger partial charge in [0.15, 0.2) is 0 Å². The molecule has 0 saturated heterocycles. The van der Waals surface area contributed by atoms with Gasteiger partial charge in [0.1, 0.15) is 11.4 Å². The summed E-state index contributed by atoms with van der Waals surface area (Å²) >= 11 is 0. The highest BCUT2D eigenvalue weighted by Crippen LogP contribution is 2.29. The molecule has 0 radical (unpaired) electrons. The second kappa shape index (κ2) is 4.65. The van der Waals surface area contributed by atoms with Crippen LogP contribution in [0, 0.1) is 5.82 Å². The van der Waals surface area contributed by atoms with E-state index in [0.717, 1.165) is 17.1 Å². The molecule has 0 fully saturated rings. The van der Waals surface area contributed by atoms with Gasteiger partial charge in [-0.3, -0.25) is 9.97 Å². The Hall–Kier alpha value is -2.33. The Morgan fingerprint density at radius 1 is 1.10 bits per heavy atom. The van der Waals surface area contributed by atoms with Crippen LogP contribution in [0.3, 0.4) is 0 Å². The van der Waals surface area contributed by atoms with Crippen LogP contribution in [-0.4, -0.2) is 15.1 Å². The smallest absolute Gasteiger partial charge is 0.141 e. The van der Waals surface area contributed by atoms with E-state index in [2.05, 4.69) is 9.97 Å². The van der Waals surface area contributed by atoms with E-state index in [9.17, 15) is 9.50 Å². The first-order chi connectivity index (χ1) is 9.57. The summed E-state index contributed by atoms with van der Waals surface area (Å²) in [6.07, 6.45) is 2.81. The summed E-state index contributed by atoms with van der Waals surface area (Å²) in [5.74, 6) is -0.426. The summed E-state index contributed by atoms with van der Waals surface area (Å²) in [6.45, 7) is 1.64. The van der Waals surface area contributed by atoms with Gasteiger partial charge in [-0.2, -0.15) is 0 Å². The minimum atomic E-state index is -1.29. The van der Waals surface area contributed by atoms with E-state index >= 15 is 0 Å². The number of hydrogen-bond donors (Lipinski definition) is 1. The van der Waals surface area contributed by atoms with E-state index in [0.29, 0.717) is 11.3 Å². The molecule has 20 heavy (non-hydrogen) atoms. The van der Waals surface area contributed by atoms with E-state index in [-0.39, 0.29) is 0 Å². The molecule has 0 amide bonds. The quantitative estimate of drug-likeness (QED) is 0.777. The van der Waals surface area contributed by atoms with Gasteiger partial charge >= 0.3 is 0 Å². The maximum atomic E-state index is 12.9. The first kappa shape index (κ1) is 12.7. The Bertz CT molecular complexity index is 754. The zero-order valence-electron chi connectivity index (χ0n) is 10.9. The van der Waals surface area contributed by atoms with E-state index in [1.54, 1.807) is 13.1 Å². The van der Waals surface area contributed by atoms with Crippen LogP contribution in [0.5, 0.6) is 0 Å². The predicted molar refractivity (Wildman–Crippen MR) is 74.6 cm³/mol. The van der Waals surface area contributed by atoms with Crippen LogP contribution in [0.15, 0.2) is 54.9 Å². The normalized spacial score (nSPS) is 14.2. The molecule has 3 nitrogen and oxygen atoms in total. The minimum Gasteiger partial charge on any atom is -0.379 e. The molecule has 1 N–H and O–H groups in total. The number of pyridine rings is 2. The van der Waals surface area contributed by atoms with Crippen LogP contribution in [0.1, 0.15) is 18.2 Å². The summed E-state index contributed by atoms with van der Waals surface area (Å²) in [5, 5.41) is 11.7. The second-order valence-corrected chi connectivity index (χ2v) is 4.84. The average molecular weight is 268 g/mol. The van der Waals surface area contributed by atoms with Crippen molar-refractivity contribution in [1.82, 2.24) is 9.97 Å². The molecule has 0 saturated carbocycles. The number of fused-ring (bicyclic) bond motifs is 1. The molecular formula is C16H13FN2O. The lowest BCUT2D eigenvalue weighted by Crippen LogP contribution is -2.24. The fourth-order valence-corrected chi connectivity index (χ4v) is 2.18. The summed E-state index contributed by atoms with van der Waals surface area (Å²) in [4.78, 5) is 8.23. The van der Waals surface area contributed by atoms with Gasteiger partial charge in [-0.25, -0.2) is 4.39 Å². The Kier molecular flexibility index (Phi) is 2.95. The molecule has 0 spiro atoms. The monoisotopic (exact) mass is 268 g/mol. The number of rotatable bonds is 2. The van der Waals surface area contributed by atoms with Crippen LogP contribution in [0.4, 0.5) is 4.39 Å². The lowest BCUT2D eigenvalue weighted by atomic mass is 9.91. The van der Waals surface area contributed by atoms with Crippen molar-refractivity contribution in [2.45, 2.75) is 12.5 Å². The summed E-state index contributed by atoms with van der Waals surface area (Å²) in [5.41, 5.74) is 0.573. The fraction of sp³-hybridized carbons (Fsp3) is 0.125. The maximum absolute atomic E-state index is 12.9. The molecule has 0 bridgehead atoms. The molecule has 3 aromatic rings. The molecule has 1 aromatic carbocycles. The third-order valence-electron chi connectivity index (χ3n) is 3.39.